The lowest BCUT2D eigenvalue weighted by atomic mass is 10.1. The zero-order chi connectivity index (χ0) is 19.5. The van der Waals surface area contributed by atoms with Gasteiger partial charge in [0.05, 0.1) is 22.1 Å². The number of hydrogen-bond donors (Lipinski definition) is 5. The molecular weight excluding hydrogens is 371 g/mol. The van der Waals surface area contributed by atoms with Crippen LogP contribution >= 0.6 is 7.60 Å². The highest BCUT2D eigenvalue weighted by atomic mass is 31.2. The third-order valence-corrected chi connectivity index (χ3v) is 4.34. The second-order valence-electron chi connectivity index (χ2n) is 5.46. The first-order chi connectivity index (χ1) is 12.1. The summed E-state index contributed by atoms with van der Waals surface area (Å²) in [5, 5.41) is 13.5. The molecule has 26 heavy (non-hydrogen) atoms. The van der Waals surface area contributed by atoms with Crippen LogP contribution in [0.1, 0.15) is 18.4 Å². The predicted octanol–water partition coefficient (Wildman–Crippen LogP) is -0.301. The number of amides is 1. The van der Waals surface area contributed by atoms with Gasteiger partial charge in [-0.15, -0.1) is 0 Å². The number of nitro benzene ring substituents is 1. The Labute approximate surface area is 144 Å². The van der Waals surface area contributed by atoms with Crippen molar-refractivity contribution >= 4 is 30.2 Å². The number of benzene rings is 1. The van der Waals surface area contributed by atoms with E-state index in [-0.39, 0.29) is 41.7 Å². The number of aromatic amines is 2. The maximum absolute atomic E-state index is 11.8. The van der Waals surface area contributed by atoms with Crippen LogP contribution in [0.2, 0.25) is 0 Å². The molecule has 12 nitrogen and oxygen atoms in total. The van der Waals surface area contributed by atoms with Gasteiger partial charge in [-0.1, -0.05) is 0 Å². The van der Waals surface area contributed by atoms with Crippen LogP contribution < -0.4 is 16.4 Å². The van der Waals surface area contributed by atoms with Crippen molar-refractivity contribution in [3.8, 4) is 0 Å². The van der Waals surface area contributed by atoms with Crippen molar-refractivity contribution in [3.05, 3.63) is 48.5 Å². The number of carbonyl (C=O) groups is 1. The number of fused-ring (bicyclic) bond motifs is 1. The lowest BCUT2D eigenvalue weighted by Crippen LogP contribution is -2.30. The second kappa shape index (κ2) is 7.60. The van der Waals surface area contributed by atoms with Gasteiger partial charge in [0.15, 0.2) is 0 Å². The molecule has 0 atom stereocenters. The van der Waals surface area contributed by atoms with Crippen LogP contribution in [0.4, 0.5) is 5.69 Å². The highest BCUT2D eigenvalue weighted by Gasteiger charge is 2.16. The number of hydrogen-bond acceptors (Lipinski definition) is 6. The van der Waals surface area contributed by atoms with Gasteiger partial charge >= 0.3 is 18.7 Å². The van der Waals surface area contributed by atoms with Crippen molar-refractivity contribution in [1.29, 1.82) is 0 Å². The van der Waals surface area contributed by atoms with Gasteiger partial charge in [-0.2, -0.15) is 0 Å². The molecule has 1 amide bonds. The molecule has 0 aliphatic carbocycles. The molecule has 2 rings (SSSR count). The number of aromatic nitrogens is 2. The number of nitrogens with zero attached hydrogens (tertiary/aromatic N) is 1. The number of non-ortho nitro benzene ring substituents is 1. The van der Waals surface area contributed by atoms with Crippen LogP contribution in [0.5, 0.6) is 0 Å². The summed E-state index contributed by atoms with van der Waals surface area (Å²) in [6, 6.07) is 2.23. The van der Waals surface area contributed by atoms with Gasteiger partial charge in [0.2, 0.25) is 5.91 Å². The molecule has 2 aromatic rings. The second-order valence-corrected chi connectivity index (χ2v) is 7.24. The molecule has 0 unspecified atom stereocenters. The summed E-state index contributed by atoms with van der Waals surface area (Å²) in [6.07, 6.45) is -0.615. The molecule has 140 valence electrons. The Morgan fingerprint density at radius 2 is 1.88 bits per heavy atom. The zero-order valence-electron chi connectivity index (χ0n) is 13.2. The molecule has 1 heterocycles. The highest BCUT2D eigenvalue weighted by Crippen LogP contribution is 2.35. The summed E-state index contributed by atoms with van der Waals surface area (Å²) in [6.45, 7) is -0.186. The third kappa shape index (κ3) is 5.09. The van der Waals surface area contributed by atoms with Gasteiger partial charge in [-0.3, -0.25) is 29.1 Å². The quantitative estimate of drug-likeness (QED) is 0.185. The highest BCUT2D eigenvalue weighted by molar-refractivity contribution is 7.51. The maximum atomic E-state index is 11.8. The first-order valence-electron chi connectivity index (χ1n) is 7.32. The predicted molar refractivity (Wildman–Crippen MR) is 89.8 cm³/mol. The van der Waals surface area contributed by atoms with Crippen LogP contribution in [0.25, 0.3) is 11.0 Å². The van der Waals surface area contributed by atoms with Gasteiger partial charge in [0, 0.05) is 30.7 Å². The number of nitro groups is 1. The number of carbonyl (C=O) groups excluding carboxylic acids is 1. The largest absolute Gasteiger partial charge is 0.352 e. The van der Waals surface area contributed by atoms with E-state index in [2.05, 4.69) is 15.3 Å². The first kappa shape index (κ1) is 19.5. The smallest absolute Gasteiger partial charge is 0.325 e. The summed E-state index contributed by atoms with van der Waals surface area (Å²) in [4.78, 5) is 67.0. The van der Waals surface area contributed by atoms with E-state index in [0.717, 1.165) is 12.1 Å². The van der Waals surface area contributed by atoms with Gasteiger partial charge in [0.1, 0.15) is 0 Å². The lowest BCUT2D eigenvalue weighted by molar-refractivity contribution is -0.384. The van der Waals surface area contributed by atoms with Crippen molar-refractivity contribution in [3.63, 3.8) is 0 Å². The molecule has 1 aromatic heterocycles. The minimum absolute atomic E-state index is 0.0318. The molecule has 0 fully saturated rings. The first-order valence-corrected chi connectivity index (χ1v) is 9.11. The van der Waals surface area contributed by atoms with E-state index in [1.54, 1.807) is 0 Å². The Morgan fingerprint density at radius 1 is 1.23 bits per heavy atom. The van der Waals surface area contributed by atoms with Crippen molar-refractivity contribution in [2.45, 2.75) is 19.4 Å². The minimum Gasteiger partial charge on any atom is -0.352 e. The Morgan fingerprint density at radius 3 is 2.50 bits per heavy atom. The topological polar surface area (TPSA) is 195 Å². The monoisotopic (exact) mass is 386 g/mol. The maximum Gasteiger partial charge on any atom is 0.325 e. The van der Waals surface area contributed by atoms with Crippen LogP contribution in [0.15, 0.2) is 21.7 Å². The van der Waals surface area contributed by atoms with Gasteiger partial charge in [-0.05, 0) is 6.42 Å². The minimum atomic E-state index is -4.19. The van der Waals surface area contributed by atoms with Crippen molar-refractivity contribution in [2.24, 2.45) is 0 Å². The summed E-state index contributed by atoms with van der Waals surface area (Å²) in [5.74, 6) is -0.523. The Balaban J connectivity index is 2.22. The number of H-pyrrole nitrogens is 2. The van der Waals surface area contributed by atoms with Crippen molar-refractivity contribution < 1.29 is 24.1 Å². The molecule has 0 saturated carbocycles. The molecule has 0 aliphatic rings. The van der Waals surface area contributed by atoms with Crippen molar-refractivity contribution in [2.75, 3.05) is 6.16 Å². The fraction of sp³-hybridized carbons (Fsp3) is 0.308. The normalized spacial score (nSPS) is 11.5. The molecule has 0 radical (unpaired) electrons. The van der Waals surface area contributed by atoms with Crippen LogP contribution in [0, 0.1) is 10.1 Å². The average molecular weight is 386 g/mol. The third-order valence-electron chi connectivity index (χ3n) is 3.44. The van der Waals surface area contributed by atoms with E-state index in [4.69, 9.17) is 9.79 Å². The Hall–Kier alpha value is -2.82. The summed E-state index contributed by atoms with van der Waals surface area (Å²) in [5.41, 5.74) is -1.88. The Kier molecular flexibility index (Phi) is 5.70. The average Bonchev–Trinajstić information content (AvgIpc) is 2.52. The molecule has 1 aromatic carbocycles. The molecule has 0 aliphatic heterocycles. The summed E-state index contributed by atoms with van der Waals surface area (Å²) >= 11 is 0. The Bertz CT molecular complexity index is 1020. The fourth-order valence-electron chi connectivity index (χ4n) is 2.25. The van der Waals surface area contributed by atoms with Crippen LogP contribution in [-0.2, 0) is 15.9 Å². The summed E-state index contributed by atoms with van der Waals surface area (Å²) in [7, 11) is -4.19. The van der Waals surface area contributed by atoms with Gasteiger partial charge in [-0.25, -0.2) is 0 Å². The number of rotatable bonds is 7. The van der Waals surface area contributed by atoms with E-state index >= 15 is 0 Å². The van der Waals surface area contributed by atoms with Crippen LogP contribution in [-0.4, -0.2) is 36.7 Å². The van der Waals surface area contributed by atoms with E-state index in [9.17, 15) is 29.1 Å². The zero-order valence-corrected chi connectivity index (χ0v) is 14.1. The molecule has 0 spiro atoms. The van der Waals surface area contributed by atoms with Crippen molar-refractivity contribution in [1.82, 2.24) is 15.3 Å². The molecule has 5 N–H and O–H groups in total. The van der Waals surface area contributed by atoms with E-state index in [0.29, 0.717) is 0 Å². The molecular formula is C13H15N4O8P. The van der Waals surface area contributed by atoms with Gasteiger partial charge < -0.3 is 25.1 Å². The molecule has 0 bridgehead atoms. The molecule has 0 saturated heterocycles. The van der Waals surface area contributed by atoms with E-state index < -0.39 is 35.7 Å². The fourth-order valence-corrected chi connectivity index (χ4v) is 2.82. The summed E-state index contributed by atoms with van der Waals surface area (Å²) < 4.78 is 10.7. The SMILES string of the molecule is O=C(CCCP(=O)(O)O)NCc1cc([N+](=O)[O-])cc2[nH]c(=O)c(=O)[nH]c12. The molecule has 13 heteroatoms. The van der Waals surface area contributed by atoms with Gasteiger partial charge in [0.25, 0.3) is 5.69 Å². The van der Waals surface area contributed by atoms with E-state index in [1.165, 1.54) is 0 Å². The number of nitrogens with one attached hydrogen (secondary N) is 3. The standard InChI is InChI=1S/C13H15N4O8P/c18-10(2-1-3-26(23,24)25)14-6-7-4-8(17(21)22)5-9-11(7)16-13(20)12(19)15-9/h4-5H,1-3,6H2,(H,14,18)(H,15,19)(H,16,20)(H2,23,24,25). The van der Waals surface area contributed by atoms with E-state index in [1.807, 2.05) is 0 Å². The van der Waals surface area contributed by atoms with Crippen LogP contribution in [0.3, 0.4) is 0 Å². The lowest BCUT2D eigenvalue weighted by Gasteiger charge is -2.09.